The Morgan fingerprint density at radius 1 is 1.22 bits per heavy atom. The van der Waals surface area contributed by atoms with E-state index >= 15 is 0 Å². The minimum atomic E-state index is 0.354. The Bertz CT molecular complexity index is 534. The normalized spacial score (nSPS) is 10.7. The highest BCUT2D eigenvalue weighted by atomic mass is 35.5. The third-order valence-corrected chi connectivity index (χ3v) is 3.92. The van der Waals surface area contributed by atoms with Crippen LogP contribution < -0.4 is 4.74 Å². The molecule has 18 heavy (non-hydrogen) atoms. The fourth-order valence-electron chi connectivity index (χ4n) is 1.57. The zero-order valence-corrected chi connectivity index (χ0v) is 12.2. The quantitative estimate of drug-likeness (QED) is 0.801. The number of nitrogens with zero attached hydrogens (tertiary/aromatic N) is 2. The average molecular weight is 283 g/mol. The van der Waals surface area contributed by atoms with Crippen LogP contribution in [0.1, 0.15) is 27.0 Å². The molecule has 0 saturated heterocycles. The summed E-state index contributed by atoms with van der Waals surface area (Å²) in [5.74, 6) is 1.09. The first-order valence-electron chi connectivity index (χ1n) is 5.68. The maximum Gasteiger partial charge on any atom is 0.142 e. The van der Waals surface area contributed by atoms with E-state index in [0.717, 1.165) is 27.8 Å². The molecule has 0 N–H and O–H groups in total. The van der Waals surface area contributed by atoms with Crippen LogP contribution in [-0.4, -0.2) is 9.97 Å². The molecule has 0 fully saturated rings. The lowest BCUT2D eigenvalue weighted by Gasteiger charge is -2.08. The molecule has 0 aliphatic carbocycles. The van der Waals surface area contributed by atoms with E-state index in [9.17, 15) is 0 Å². The van der Waals surface area contributed by atoms with Gasteiger partial charge in [-0.1, -0.05) is 0 Å². The van der Waals surface area contributed by atoms with Crippen LogP contribution in [-0.2, 0) is 12.5 Å². The minimum Gasteiger partial charge on any atom is -0.484 e. The fraction of sp³-hybridized carbons (Fsp3) is 0.385. The summed E-state index contributed by atoms with van der Waals surface area (Å²) < 4.78 is 5.74. The zero-order valence-electron chi connectivity index (χ0n) is 10.7. The lowest BCUT2D eigenvalue weighted by atomic mass is 10.3. The van der Waals surface area contributed by atoms with E-state index in [4.69, 9.17) is 16.3 Å². The molecule has 2 aromatic rings. The average Bonchev–Trinajstić information content (AvgIpc) is 2.67. The SMILES string of the molecule is Cc1ccc(OCc2nc(C)c(C)s2)c(CCl)n1. The van der Waals surface area contributed by atoms with Gasteiger partial charge in [0, 0.05) is 10.6 Å². The number of hydrogen-bond donors (Lipinski definition) is 0. The van der Waals surface area contributed by atoms with Crippen LogP contribution in [0.2, 0.25) is 0 Å². The monoisotopic (exact) mass is 282 g/mol. The number of hydrogen-bond acceptors (Lipinski definition) is 4. The Morgan fingerprint density at radius 3 is 2.61 bits per heavy atom. The highest BCUT2D eigenvalue weighted by Gasteiger charge is 2.08. The summed E-state index contributed by atoms with van der Waals surface area (Å²) >= 11 is 7.52. The molecule has 0 radical (unpaired) electrons. The number of halogens is 1. The number of alkyl halides is 1. The molecule has 0 aromatic carbocycles. The molecule has 2 heterocycles. The second-order valence-electron chi connectivity index (χ2n) is 4.07. The molecule has 0 aliphatic heterocycles. The van der Waals surface area contributed by atoms with Crippen molar-refractivity contribution in [3.05, 3.63) is 39.1 Å². The minimum absolute atomic E-state index is 0.354. The van der Waals surface area contributed by atoms with Gasteiger partial charge < -0.3 is 4.74 Å². The van der Waals surface area contributed by atoms with Crippen molar-refractivity contribution in [3.8, 4) is 5.75 Å². The summed E-state index contributed by atoms with van der Waals surface area (Å²) in [5.41, 5.74) is 2.79. The third-order valence-electron chi connectivity index (χ3n) is 2.62. The van der Waals surface area contributed by atoms with Crippen molar-refractivity contribution in [1.29, 1.82) is 0 Å². The van der Waals surface area contributed by atoms with Gasteiger partial charge in [-0.2, -0.15) is 0 Å². The molecule has 0 aliphatic rings. The number of rotatable bonds is 4. The second kappa shape index (κ2) is 5.67. The van der Waals surface area contributed by atoms with Gasteiger partial charge in [0.15, 0.2) is 0 Å². The molecule has 5 heteroatoms. The first-order valence-corrected chi connectivity index (χ1v) is 7.03. The summed E-state index contributed by atoms with van der Waals surface area (Å²) in [5, 5.41) is 0.978. The summed E-state index contributed by atoms with van der Waals surface area (Å²) in [6, 6.07) is 3.83. The molecular formula is C13H15ClN2OS. The maximum atomic E-state index is 5.86. The van der Waals surface area contributed by atoms with E-state index in [0.29, 0.717) is 12.5 Å². The molecule has 3 nitrogen and oxygen atoms in total. The predicted octanol–water partition coefficient (Wildman–Crippen LogP) is 3.78. The van der Waals surface area contributed by atoms with Gasteiger partial charge in [-0.15, -0.1) is 22.9 Å². The Balaban J connectivity index is 2.10. The van der Waals surface area contributed by atoms with Crippen LogP contribution in [0.15, 0.2) is 12.1 Å². The summed E-state index contributed by atoms with van der Waals surface area (Å²) in [7, 11) is 0. The van der Waals surface area contributed by atoms with E-state index in [1.54, 1.807) is 11.3 Å². The second-order valence-corrected chi connectivity index (χ2v) is 5.62. The van der Waals surface area contributed by atoms with Crippen LogP contribution in [0.4, 0.5) is 0 Å². The Labute approximate surface area is 116 Å². The lowest BCUT2D eigenvalue weighted by Crippen LogP contribution is -2.00. The maximum absolute atomic E-state index is 5.86. The van der Waals surface area contributed by atoms with Crippen molar-refractivity contribution in [2.75, 3.05) is 0 Å². The number of aromatic nitrogens is 2. The Kier molecular flexibility index (Phi) is 4.19. The van der Waals surface area contributed by atoms with E-state index in [1.807, 2.05) is 26.0 Å². The molecule has 0 spiro atoms. The van der Waals surface area contributed by atoms with Crippen molar-refractivity contribution in [2.24, 2.45) is 0 Å². The van der Waals surface area contributed by atoms with Crippen molar-refractivity contribution in [3.63, 3.8) is 0 Å². The van der Waals surface area contributed by atoms with E-state index < -0.39 is 0 Å². The topological polar surface area (TPSA) is 35.0 Å². The van der Waals surface area contributed by atoms with Gasteiger partial charge >= 0.3 is 0 Å². The summed E-state index contributed by atoms with van der Waals surface area (Å²) in [6.45, 7) is 6.47. The lowest BCUT2D eigenvalue weighted by molar-refractivity contribution is 0.301. The van der Waals surface area contributed by atoms with Gasteiger partial charge in [-0.05, 0) is 32.9 Å². The standard InChI is InChI=1S/C13H15ClN2OS/c1-8-4-5-12(11(6-14)15-8)17-7-13-16-9(2)10(3)18-13/h4-5H,6-7H2,1-3H3. The van der Waals surface area contributed by atoms with E-state index in [-0.39, 0.29) is 0 Å². The molecule has 0 bridgehead atoms. The van der Waals surface area contributed by atoms with Crippen LogP contribution >= 0.6 is 22.9 Å². The number of ether oxygens (including phenoxy) is 1. The van der Waals surface area contributed by atoms with Crippen LogP contribution in [0, 0.1) is 20.8 Å². The van der Waals surface area contributed by atoms with Crippen LogP contribution in [0.3, 0.4) is 0 Å². The number of thiazole rings is 1. The van der Waals surface area contributed by atoms with Gasteiger partial charge in [0.05, 0.1) is 17.3 Å². The Morgan fingerprint density at radius 2 is 2.00 bits per heavy atom. The largest absolute Gasteiger partial charge is 0.484 e. The first-order chi connectivity index (χ1) is 8.60. The van der Waals surface area contributed by atoms with Gasteiger partial charge in [0.1, 0.15) is 17.4 Å². The molecule has 2 rings (SSSR count). The number of aryl methyl sites for hydroxylation is 3. The van der Waals surface area contributed by atoms with Gasteiger partial charge in [-0.25, -0.2) is 4.98 Å². The van der Waals surface area contributed by atoms with Crippen LogP contribution in [0.25, 0.3) is 0 Å². The molecule has 0 saturated carbocycles. The molecule has 2 aromatic heterocycles. The van der Waals surface area contributed by atoms with Crippen molar-refractivity contribution in [1.82, 2.24) is 9.97 Å². The van der Waals surface area contributed by atoms with Crippen molar-refractivity contribution < 1.29 is 4.74 Å². The summed E-state index contributed by atoms with van der Waals surface area (Å²) in [4.78, 5) is 10.0. The van der Waals surface area contributed by atoms with Gasteiger partial charge in [0.2, 0.25) is 0 Å². The van der Waals surface area contributed by atoms with Crippen molar-refractivity contribution in [2.45, 2.75) is 33.3 Å². The Hall–Kier alpha value is -1.13. The summed E-state index contributed by atoms with van der Waals surface area (Å²) in [6.07, 6.45) is 0. The third kappa shape index (κ3) is 3.00. The molecule has 0 unspecified atom stereocenters. The van der Waals surface area contributed by atoms with Crippen LogP contribution in [0.5, 0.6) is 5.75 Å². The molecule has 0 atom stereocenters. The zero-order chi connectivity index (χ0) is 13.1. The van der Waals surface area contributed by atoms with Gasteiger partial charge in [0.25, 0.3) is 0 Å². The predicted molar refractivity (Wildman–Crippen MR) is 74.5 cm³/mol. The fourth-order valence-corrected chi connectivity index (χ4v) is 2.60. The van der Waals surface area contributed by atoms with Gasteiger partial charge in [-0.3, -0.25) is 4.98 Å². The smallest absolute Gasteiger partial charge is 0.142 e. The first kappa shape index (κ1) is 13.3. The molecule has 96 valence electrons. The van der Waals surface area contributed by atoms with E-state index in [1.165, 1.54) is 4.88 Å². The molecular weight excluding hydrogens is 268 g/mol. The van der Waals surface area contributed by atoms with E-state index in [2.05, 4.69) is 16.9 Å². The number of pyridine rings is 1. The highest BCUT2D eigenvalue weighted by molar-refractivity contribution is 7.11. The molecule has 0 amide bonds. The highest BCUT2D eigenvalue weighted by Crippen LogP contribution is 2.22. The van der Waals surface area contributed by atoms with Crippen molar-refractivity contribution >= 4 is 22.9 Å².